The van der Waals surface area contributed by atoms with E-state index in [9.17, 15) is 14.7 Å². The van der Waals surface area contributed by atoms with Crippen LogP contribution in [0, 0.1) is 5.92 Å². The molecule has 1 atom stereocenters. The highest BCUT2D eigenvalue weighted by atomic mass is 16.6. The Morgan fingerprint density at radius 2 is 2.00 bits per heavy atom. The molecule has 0 aromatic heterocycles. The molecular formula is C17H23N3O4. The van der Waals surface area contributed by atoms with Crippen LogP contribution in [0.1, 0.15) is 39.7 Å². The van der Waals surface area contributed by atoms with Crippen LogP contribution in [0.25, 0.3) is 0 Å². The lowest BCUT2D eigenvalue weighted by atomic mass is 9.94. The van der Waals surface area contributed by atoms with Crippen molar-refractivity contribution in [2.75, 3.05) is 6.73 Å². The first-order valence-electron chi connectivity index (χ1n) is 7.80. The summed E-state index contributed by atoms with van der Waals surface area (Å²) in [5.74, 6) is 0.170. The van der Waals surface area contributed by atoms with Crippen LogP contribution in [0.3, 0.4) is 0 Å². The van der Waals surface area contributed by atoms with Gasteiger partial charge in [0, 0.05) is 17.9 Å². The Morgan fingerprint density at radius 3 is 2.54 bits per heavy atom. The topological polar surface area (TPSA) is 91.2 Å². The number of hydrogen-bond acceptors (Lipinski definition) is 5. The number of hydrogen-bond donors (Lipinski definition) is 2. The van der Waals surface area contributed by atoms with Gasteiger partial charge in [0.05, 0.1) is 5.71 Å². The molecule has 0 radical (unpaired) electrons. The molecule has 2 rings (SSSR count). The molecule has 1 aliphatic rings. The largest absolute Gasteiger partial charge is 0.413 e. The summed E-state index contributed by atoms with van der Waals surface area (Å²) in [6.07, 6.45) is -0.221. The first-order chi connectivity index (χ1) is 11.2. The van der Waals surface area contributed by atoms with Crippen molar-refractivity contribution in [3.63, 3.8) is 0 Å². The van der Waals surface area contributed by atoms with Gasteiger partial charge in [-0.2, -0.15) is 5.10 Å². The molecule has 0 unspecified atom stereocenters. The zero-order valence-corrected chi connectivity index (χ0v) is 14.4. The van der Waals surface area contributed by atoms with E-state index in [0.29, 0.717) is 17.9 Å². The Hall–Kier alpha value is -2.41. The van der Waals surface area contributed by atoms with Crippen LogP contribution in [0.4, 0.5) is 4.79 Å². The van der Waals surface area contributed by atoms with E-state index in [1.54, 1.807) is 24.3 Å². The molecule has 130 valence electrons. The molecule has 1 aromatic carbocycles. The second-order valence-electron chi connectivity index (χ2n) is 6.81. The number of rotatable bonds is 3. The van der Waals surface area contributed by atoms with E-state index in [0.717, 1.165) is 10.6 Å². The Labute approximate surface area is 141 Å². The molecule has 0 saturated heterocycles. The Kier molecular flexibility index (Phi) is 5.23. The van der Waals surface area contributed by atoms with Crippen molar-refractivity contribution < 1.29 is 19.4 Å². The quantitative estimate of drug-likeness (QED) is 0.886. The predicted octanol–water partition coefficient (Wildman–Crippen LogP) is 2.10. The molecule has 2 N–H and O–H groups in total. The van der Waals surface area contributed by atoms with Crippen LogP contribution in [-0.4, -0.2) is 40.1 Å². The van der Waals surface area contributed by atoms with E-state index in [2.05, 4.69) is 10.4 Å². The van der Waals surface area contributed by atoms with Crippen LogP contribution in [0.15, 0.2) is 29.4 Å². The van der Waals surface area contributed by atoms with Crippen molar-refractivity contribution >= 4 is 17.7 Å². The normalized spacial score (nSPS) is 18.2. The van der Waals surface area contributed by atoms with Gasteiger partial charge < -0.3 is 15.2 Å². The lowest BCUT2D eigenvalue weighted by molar-refractivity contribution is -0.136. The van der Waals surface area contributed by atoms with Gasteiger partial charge in [-0.05, 0) is 50.6 Å². The number of carbonyl (C=O) groups excluding carboxylic acids is 2. The van der Waals surface area contributed by atoms with Crippen LogP contribution < -0.4 is 10.1 Å². The third-order valence-electron chi connectivity index (χ3n) is 3.44. The zero-order chi connectivity index (χ0) is 17.9. The molecule has 0 aliphatic carbocycles. The molecule has 0 fully saturated rings. The highest BCUT2D eigenvalue weighted by Crippen LogP contribution is 2.22. The Bertz CT molecular complexity index is 647. The minimum atomic E-state index is -0.518. The van der Waals surface area contributed by atoms with Crippen LogP contribution >= 0.6 is 0 Å². The van der Waals surface area contributed by atoms with Gasteiger partial charge in [0.15, 0.2) is 0 Å². The van der Waals surface area contributed by atoms with Crippen LogP contribution in [0.5, 0.6) is 5.75 Å². The van der Waals surface area contributed by atoms with E-state index in [1.165, 1.54) is 0 Å². The number of hydrazone groups is 1. The summed E-state index contributed by atoms with van der Waals surface area (Å²) >= 11 is 0. The van der Waals surface area contributed by atoms with Gasteiger partial charge >= 0.3 is 6.09 Å². The van der Waals surface area contributed by atoms with E-state index >= 15 is 0 Å². The number of amides is 2. The molecule has 1 aliphatic heterocycles. The van der Waals surface area contributed by atoms with Gasteiger partial charge in [-0.25, -0.2) is 9.80 Å². The van der Waals surface area contributed by atoms with Crippen molar-refractivity contribution in [2.24, 2.45) is 11.0 Å². The highest BCUT2D eigenvalue weighted by Gasteiger charge is 2.26. The molecule has 7 nitrogen and oxygen atoms in total. The minimum Gasteiger partial charge on any atom is -0.410 e. The van der Waals surface area contributed by atoms with Gasteiger partial charge in [0.25, 0.3) is 0 Å². The number of nitrogens with one attached hydrogen (secondary N) is 1. The van der Waals surface area contributed by atoms with Crippen molar-refractivity contribution in [2.45, 2.75) is 39.7 Å². The van der Waals surface area contributed by atoms with Crippen molar-refractivity contribution in [3.05, 3.63) is 29.8 Å². The summed E-state index contributed by atoms with van der Waals surface area (Å²) in [5.41, 5.74) is 1.16. The number of aliphatic hydroxyl groups is 1. The molecule has 0 saturated carbocycles. The van der Waals surface area contributed by atoms with Crippen molar-refractivity contribution in [1.82, 2.24) is 10.3 Å². The van der Waals surface area contributed by atoms with Gasteiger partial charge in [-0.3, -0.25) is 4.79 Å². The molecule has 2 amide bonds. The Balaban J connectivity index is 2.12. The summed E-state index contributed by atoms with van der Waals surface area (Å²) in [7, 11) is 0. The van der Waals surface area contributed by atoms with E-state index in [4.69, 9.17) is 4.74 Å². The number of nitrogens with zero attached hydrogens (tertiary/aromatic N) is 2. The Morgan fingerprint density at radius 1 is 1.38 bits per heavy atom. The summed E-state index contributed by atoms with van der Waals surface area (Å²) in [4.78, 5) is 23.5. The van der Waals surface area contributed by atoms with Gasteiger partial charge in [0.1, 0.15) is 12.5 Å². The molecule has 7 heteroatoms. The predicted molar refractivity (Wildman–Crippen MR) is 89.6 cm³/mol. The molecular weight excluding hydrogens is 310 g/mol. The summed E-state index contributed by atoms with van der Waals surface area (Å²) in [6, 6.07) is 6.90. The van der Waals surface area contributed by atoms with E-state index < -0.39 is 12.8 Å². The molecule has 1 aromatic rings. The average molecular weight is 333 g/mol. The summed E-state index contributed by atoms with van der Waals surface area (Å²) < 4.78 is 5.22. The van der Waals surface area contributed by atoms with Crippen molar-refractivity contribution in [1.29, 1.82) is 0 Å². The lowest BCUT2D eigenvalue weighted by Gasteiger charge is -2.26. The van der Waals surface area contributed by atoms with E-state index in [-0.39, 0.29) is 17.4 Å². The lowest BCUT2D eigenvalue weighted by Crippen LogP contribution is -2.42. The first kappa shape index (κ1) is 17.9. The number of aliphatic hydroxyl groups excluding tert-OH is 1. The third kappa shape index (κ3) is 4.55. The number of benzene rings is 1. The second-order valence-corrected chi connectivity index (χ2v) is 6.81. The van der Waals surface area contributed by atoms with Crippen LogP contribution in [-0.2, 0) is 4.79 Å². The smallest absolute Gasteiger partial charge is 0.410 e. The average Bonchev–Trinajstić information content (AvgIpc) is 2.46. The summed E-state index contributed by atoms with van der Waals surface area (Å²) in [5, 5.41) is 17.2. The van der Waals surface area contributed by atoms with Gasteiger partial charge in [-0.1, -0.05) is 6.92 Å². The maximum Gasteiger partial charge on any atom is 0.413 e. The number of carbonyl (C=O) groups is 2. The first-order valence-corrected chi connectivity index (χ1v) is 7.80. The maximum atomic E-state index is 11.8. The third-order valence-corrected chi connectivity index (χ3v) is 3.44. The fourth-order valence-electron chi connectivity index (χ4n) is 2.33. The second kappa shape index (κ2) is 7.00. The maximum absolute atomic E-state index is 11.8. The van der Waals surface area contributed by atoms with Crippen molar-refractivity contribution in [3.8, 4) is 5.75 Å². The van der Waals surface area contributed by atoms with E-state index in [1.807, 2.05) is 27.7 Å². The van der Waals surface area contributed by atoms with Crippen LogP contribution in [0.2, 0.25) is 0 Å². The SMILES string of the molecule is C[C@@H]1CC(=O)N(CO)N=C1c1ccc(OC(=O)NC(C)(C)C)cc1. The fraction of sp³-hybridized carbons (Fsp3) is 0.471. The molecule has 0 spiro atoms. The molecule has 24 heavy (non-hydrogen) atoms. The molecule has 0 bridgehead atoms. The minimum absolute atomic E-state index is 0.0451. The van der Waals surface area contributed by atoms with Gasteiger partial charge in [0.2, 0.25) is 5.91 Å². The highest BCUT2D eigenvalue weighted by molar-refractivity contribution is 6.05. The number of ether oxygens (including phenoxy) is 1. The summed E-state index contributed by atoms with van der Waals surface area (Å²) in [6.45, 7) is 7.08. The molecule has 1 heterocycles. The zero-order valence-electron chi connectivity index (χ0n) is 14.4. The standard InChI is InChI=1S/C17H23N3O4/c1-11-9-14(22)20(10-21)19-15(11)12-5-7-13(8-6-12)24-16(23)18-17(2,3)4/h5-8,11,21H,9-10H2,1-4H3,(H,18,23)/t11-/m1/s1. The monoisotopic (exact) mass is 333 g/mol. The van der Waals surface area contributed by atoms with Gasteiger partial charge in [-0.15, -0.1) is 0 Å². The fourth-order valence-corrected chi connectivity index (χ4v) is 2.33.